The zero-order valence-corrected chi connectivity index (χ0v) is 18.3. The van der Waals surface area contributed by atoms with Gasteiger partial charge in [0.05, 0.1) is 17.8 Å². The van der Waals surface area contributed by atoms with Crippen LogP contribution < -0.4 is 5.32 Å². The van der Waals surface area contributed by atoms with Gasteiger partial charge in [-0.05, 0) is 32.3 Å². The second-order valence-corrected chi connectivity index (χ2v) is 8.63. The van der Waals surface area contributed by atoms with Gasteiger partial charge in [0.15, 0.2) is 0 Å². The van der Waals surface area contributed by atoms with Gasteiger partial charge in [0.2, 0.25) is 11.8 Å². The number of aliphatic hydroxyl groups excluding tert-OH is 1. The number of carbonyl (C=O) groups excluding carboxylic acids is 2. The van der Waals surface area contributed by atoms with Crippen LogP contribution in [0.25, 0.3) is 0 Å². The van der Waals surface area contributed by atoms with Crippen molar-refractivity contribution in [2.45, 2.75) is 65.1 Å². The maximum atomic E-state index is 13.4. The minimum absolute atomic E-state index is 0.0437. The van der Waals surface area contributed by atoms with E-state index in [1.807, 2.05) is 52.0 Å². The largest absolute Gasteiger partial charge is 0.391 e. The fourth-order valence-electron chi connectivity index (χ4n) is 4.00. The summed E-state index contributed by atoms with van der Waals surface area (Å²) < 4.78 is 5.36. The van der Waals surface area contributed by atoms with Crippen molar-refractivity contribution in [3.05, 3.63) is 52.9 Å². The van der Waals surface area contributed by atoms with Gasteiger partial charge in [-0.3, -0.25) is 9.59 Å². The van der Waals surface area contributed by atoms with Gasteiger partial charge in [-0.1, -0.05) is 48.8 Å². The molecule has 7 nitrogen and oxygen atoms in total. The van der Waals surface area contributed by atoms with Crippen LogP contribution >= 0.6 is 0 Å². The van der Waals surface area contributed by atoms with E-state index < -0.39 is 18.1 Å². The van der Waals surface area contributed by atoms with Crippen molar-refractivity contribution in [2.75, 3.05) is 6.54 Å². The molecule has 1 aliphatic heterocycles. The molecule has 4 atom stereocenters. The average molecular weight is 414 g/mol. The first-order valence-electron chi connectivity index (χ1n) is 10.5. The van der Waals surface area contributed by atoms with E-state index in [9.17, 15) is 14.7 Å². The highest BCUT2D eigenvalue weighted by Crippen LogP contribution is 2.31. The number of nitrogens with zero attached hydrogens (tertiary/aromatic N) is 2. The van der Waals surface area contributed by atoms with Crippen molar-refractivity contribution in [2.24, 2.45) is 5.92 Å². The lowest BCUT2D eigenvalue weighted by Gasteiger charge is -2.29. The van der Waals surface area contributed by atoms with Gasteiger partial charge in [0, 0.05) is 19.0 Å². The molecule has 2 heterocycles. The van der Waals surface area contributed by atoms with E-state index in [2.05, 4.69) is 10.5 Å². The number of β-amino-alcohol motifs (C(OH)–C–C–N with tert-alkyl or cyclic N) is 1. The Hall–Kier alpha value is -2.67. The Morgan fingerprint density at radius 3 is 2.43 bits per heavy atom. The summed E-state index contributed by atoms with van der Waals surface area (Å²) in [4.78, 5) is 27.9. The van der Waals surface area contributed by atoms with E-state index >= 15 is 0 Å². The number of carbonyl (C=O) groups is 2. The van der Waals surface area contributed by atoms with Gasteiger partial charge in [-0.15, -0.1) is 0 Å². The second kappa shape index (κ2) is 9.00. The Morgan fingerprint density at radius 2 is 1.87 bits per heavy atom. The first kappa shape index (κ1) is 22.0. The summed E-state index contributed by atoms with van der Waals surface area (Å²) in [5, 5.41) is 17.1. The van der Waals surface area contributed by atoms with Crippen LogP contribution in [0.1, 0.15) is 61.7 Å². The topological polar surface area (TPSA) is 95.7 Å². The maximum Gasteiger partial charge on any atom is 0.243 e. The number of aromatic nitrogens is 1. The third kappa shape index (κ3) is 4.73. The molecule has 2 N–H and O–H groups in total. The quantitative estimate of drug-likeness (QED) is 0.759. The Bertz CT molecular complexity index is 890. The van der Waals surface area contributed by atoms with Crippen molar-refractivity contribution >= 4 is 11.8 Å². The molecule has 0 spiro atoms. The SMILES string of the molecule is Cc1ccc([C@H](C)NC(=O)[C@@H]2C[C@@H](O)CN2C(=O)[C@@H](c2cc(C)no2)C(C)C)cc1. The Morgan fingerprint density at radius 1 is 1.20 bits per heavy atom. The van der Waals surface area contributed by atoms with Crippen molar-refractivity contribution in [3.8, 4) is 0 Å². The third-order valence-electron chi connectivity index (χ3n) is 5.69. The molecule has 1 aliphatic rings. The van der Waals surface area contributed by atoms with Crippen LogP contribution in [-0.2, 0) is 9.59 Å². The van der Waals surface area contributed by atoms with Gasteiger partial charge in [-0.25, -0.2) is 0 Å². The minimum atomic E-state index is -0.733. The number of hydrogen-bond acceptors (Lipinski definition) is 5. The molecule has 1 fully saturated rings. The monoisotopic (exact) mass is 413 g/mol. The van der Waals surface area contributed by atoms with Crippen molar-refractivity contribution < 1.29 is 19.2 Å². The molecule has 7 heteroatoms. The fraction of sp³-hybridized carbons (Fsp3) is 0.522. The maximum absolute atomic E-state index is 13.4. The molecule has 0 aliphatic carbocycles. The lowest BCUT2D eigenvalue weighted by molar-refractivity contribution is -0.141. The van der Waals surface area contributed by atoms with Crippen LogP contribution in [0, 0.1) is 19.8 Å². The molecule has 1 aromatic heterocycles. The van der Waals surface area contributed by atoms with E-state index in [4.69, 9.17) is 4.52 Å². The molecular weight excluding hydrogens is 382 g/mol. The van der Waals surface area contributed by atoms with E-state index in [1.54, 1.807) is 13.0 Å². The Balaban J connectivity index is 1.77. The molecule has 162 valence electrons. The Labute approximate surface area is 177 Å². The number of amides is 2. The highest BCUT2D eigenvalue weighted by Gasteiger charge is 2.43. The summed E-state index contributed by atoms with van der Waals surface area (Å²) in [6.07, 6.45) is -0.512. The average Bonchev–Trinajstić information content (AvgIpc) is 3.27. The zero-order valence-electron chi connectivity index (χ0n) is 18.3. The third-order valence-corrected chi connectivity index (χ3v) is 5.69. The lowest BCUT2D eigenvalue weighted by atomic mass is 9.91. The minimum Gasteiger partial charge on any atom is -0.391 e. The molecular formula is C23H31N3O4. The first-order valence-corrected chi connectivity index (χ1v) is 10.5. The van der Waals surface area contributed by atoms with Gasteiger partial charge in [0.1, 0.15) is 17.7 Å². The number of aryl methyl sites for hydroxylation is 2. The molecule has 2 amide bonds. The molecule has 1 saturated heterocycles. The van der Waals surface area contributed by atoms with Crippen LogP contribution in [0.3, 0.4) is 0 Å². The highest BCUT2D eigenvalue weighted by molar-refractivity contribution is 5.91. The van der Waals surface area contributed by atoms with E-state index in [1.165, 1.54) is 4.90 Å². The van der Waals surface area contributed by atoms with Crippen LogP contribution in [0.2, 0.25) is 0 Å². The van der Waals surface area contributed by atoms with Crippen LogP contribution in [0.5, 0.6) is 0 Å². The van der Waals surface area contributed by atoms with Crippen LogP contribution in [0.15, 0.2) is 34.9 Å². The van der Waals surface area contributed by atoms with Crippen molar-refractivity contribution in [3.63, 3.8) is 0 Å². The van der Waals surface area contributed by atoms with E-state index in [0.29, 0.717) is 11.5 Å². The number of nitrogens with one attached hydrogen (secondary N) is 1. The summed E-state index contributed by atoms with van der Waals surface area (Å²) in [6.45, 7) is 9.72. The number of likely N-dealkylation sites (tertiary alicyclic amines) is 1. The van der Waals surface area contributed by atoms with E-state index in [-0.39, 0.29) is 36.7 Å². The molecule has 0 bridgehead atoms. The Kier molecular flexibility index (Phi) is 6.61. The molecule has 0 radical (unpaired) electrons. The molecule has 0 saturated carbocycles. The summed E-state index contributed by atoms with van der Waals surface area (Å²) >= 11 is 0. The molecule has 30 heavy (non-hydrogen) atoms. The first-order chi connectivity index (χ1) is 14.2. The van der Waals surface area contributed by atoms with Gasteiger partial charge >= 0.3 is 0 Å². The van der Waals surface area contributed by atoms with Gasteiger partial charge in [0.25, 0.3) is 0 Å². The smallest absolute Gasteiger partial charge is 0.243 e. The zero-order chi connectivity index (χ0) is 22.0. The van der Waals surface area contributed by atoms with Crippen LogP contribution in [-0.4, -0.2) is 45.7 Å². The fourth-order valence-corrected chi connectivity index (χ4v) is 4.00. The number of rotatable bonds is 6. The summed E-state index contributed by atoms with van der Waals surface area (Å²) in [7, 11) is 0. The molecule has 1 aromatic carbocycles. The van der Waals surface area contributed by atoms with Crippen molar-refractivity contribution in [1.82, 2.24) is 15.4 Å². The highest BCUT2D eigenvalue weighted by atomic mass is 16.5. The summed E-state index contributed by atoms with van der Waals surface area (Å²) in [5.41, 5.74) is 2.84. The second-order valence-electron chi connectivity index (χ2n) is 8.63. The molecule has 0 unspecified atom stereocenters. The standard InChI is InChI=1S/C23H31N3O4/c1-13(2)21(20-10-15(4)25-30-20)23(29)26-12-18(27)11-19(26)22(28)24-16(5)17-8-6-14(3)7-9-17/h6-10,13,16,18-19,21,27H,11-12H2,1-5H3,(H,24,28)/t16-,18+,19-,21+/m0/s1. The van der Waals surface area contributed by atoms with Gasteiger partial charge < -0.3 is 19.8 Å². The summed E-state index contributed by atoms with van der Waals surface area (Å²) in [6, 6.07) is 8.79. The van der Waals surface area contributed by atoms with Gasteiger partial charge in [-0.2, -0.15) is 0 Å². The number of aliphatic hydroxyl groups is 1. The predicted octanol–water partition coefficient (Wildman–Crippen LogP) is 2.87. The number of benzene rings is 1. The molecule has 2 aromatic rings. The van der Waals surface area contributed by atoms with Crippen molar-refractivity contribution in [1.29, 1.82) is 0 Å². The summed E-state index contributed by atoms with van der Waals surface area (Å²) in [5.74, 6) is -0.592. The predicted molar refractivity (Wildman–Crippen MR) is 113 cm³/mol. The normalized spacial score (nSPS) is 21.0. The van der Waals surface area contributed by atoms with Crippen LogP contribution in [0.4, 0.5) is 0 Å². The molecule has 3 rings (SSSR count). The lowest BCUT2D eigenvalue weighted by Crippen LogP contribution is -2.48. The number of hydrogen-bond donors (Lipinski definition) is 2. The van der Waals surface area contributed by atoms with E-state index in [0.717, 1.165) is 11.1 Å².